The Kier molecular flexibility index (Phi) is 4.67. The summed E-state index contributed by atoms with van der Waals surface area (Å²) in [6.45, 7) is 3.92. The number of hydrogen-bond acceptors (Lipinski definition) is 4. The summed E-state index contributed by atoms with van der Waals surface area (Å²) in [5, 5.41) is 0. The van der Waals surface area contributed by atoms with Gasteiger partial charge in [-0.05, 0) is 24.6 Å². The zero-order valence-electron chi connectivity index (χ0n) is 14.5. The number of halogens is 1. The fraction of sp³-hybridized carbons (Fsp3) is 0.300. The lowest BCUT2D eigenvalue weighted by Gasteiger charge is -2.23. The number of hydrogen-bond donors (Lipinski definition) is 0. The van der Waals surface area contributed by atoms with E-state index in [0.29, 0.717) is 18.0 Å². The molecule has 0 bridgehead atoms. The van der Waals surface area contributed by atoms with E-state index in [1.807, 2.05) is 30.3 Å². The smallest absolute Gasteiger partial charge is 0.259 e. The quantitative estimate of drug-likeness (QED) is 0.726. The molecule has 1 aliphatic rings. The van der Waals surface area contributed by atoms with Crippen LogP contribution in [0.2, 0.25) is 0 Å². The number of anilines is 1. The van der Waals surface area contributed by atoms with Gasteiger partial charge in [0.2, 0.25) is 0 Å². The van der Waals surface area contributed by atoms with Gasteiger partial charge in [-0.3, -0.25) is 14.1 Å². The average Bonchev–Trinajstić information content (AvgIpc) is 2.89. The summed E-state index contributed by atoms with van der Waals surface area (Å²) in [5.41, 5.74) is 1.31. The maximum absolute atomic E-state index is 13.9. The van der Waals surface area contributed by atoms with Crippen molar-refractivity contribution in [3.63, 3.8) is 0 Å². The molecule has 3 aromatic rings. The molecule has 1 fully saturated rings. The van der Waals surface area contributed by atoms with Gasteiger partial charge in [-0.2, -0.15) is 0 Å². The summed E-state index contributed by atoms with van der Waals surface area (Å²) in [7, 11) is 0. The van der Waals surface area contributed by atoms with Gasteiger partial charge in [-0.1, -0.05) is 24.3 Å². The van der Waals surface area contributed by atoms with Crippen molar-refractivity contribution < 1.29 is 4.39 Å². The van der Waals surface area contributed by atoms with E-state index in [1.165, 1.54) is 6.07 Å². The van der Waals surface area contributed by atoms with E-state index in [0.717, 1.165) is 38.2 Å². The Bertz CT molecular complexity index is 971. The Morgan fingerprint density at radius 3 is 2.73 bits per heavy atom. The third-order valence-corrected chi connectivity index (χ3v) is 4.82. The molecule has 0 radical (unpaired) electrons. The Balaban J connectivity index is 1.50. The van der Waals surface area contributed by atoms with Gasteiger partial charge in [0.15, 0.2) is 0 Å². The predicted molar refractivity (Wildman–Crippen MR) is 100.0 cm³/mol. The highest BCUT2D eigenvalue weighted by atomic mass is 19.1. The second-order valence-electron chi connectivity index (χ2n) is 6.59. The van der Waals surface area contributed by atoms with E-state index in [-0.39, 0.29) is 11.4 Å². The first kappa shape index (κ1) is 16.7. The van der Waals surface area contributed by atoms with Crippen molar-refractivity contribution in [1.82, 2.24) is 14.3 Å². The maximum atomic E-state index is 13.9. The summed E-state index contributed by atoms with van der Waals surface area (Å²) < 4.78 is 15.4. The highest BCUT2D eigenvalue weighted by Gasteiger charge is 2.18. The number of benzene rings is 1. The Morgan fingerprint density at radius 2 is 1.85 bits per heavy atom. The van der Waals surface area contributed by atoms with E-state index in [2.05, 4.69) is 14.8 Å². The first-order chi connectivity index (χ1) is 12.7. The van der Waals surface area contributed by atoms with Gasteiger partial charge < -0.3 is 4.90 Å². The lowest BCUT2D eigenvalue weighted by molar-refractivity contribution is 0.281. The summed E-state index contributed by atoms with van der Waals surface area (Å²) in [5.74, 6) is 0.562. The van der Waals surface area contributed by atoms with Crippen molar-refractivity contribution in [3.8, 4) is 0 Å². The van der Waals surface area contributed by atoms with Crippen LogP contribution in [0.5, 0.6) is 0 Å². The molecule has 134 valence electrons. The molecule has 0 amide bonds. The molecule has 1 aromatic carbocycles. The standard InChI is InChI=1S/C20H21FN4O/c21-17-7-2-1-6-16(17)15-23-9-5-10-24(13-12-23)19-14-20(26)25-11-4-3-8-18(25)22-19/h1-4,6-8,11,14H,5,9-10,12-13,15H2. The molecule has 1 aliphatic heterocycles. The molecule has 0 aliphatic carbocycles. The van der Waals surface area contributed by atoms with Crippen LogP contribution in [0.15, 0.2) is 59.5 Å². The fourth-order valence-corrected chi connectivity index (χ4v) is 3.43. The van der Waals surface area contributed by atoms with Crippen LogP contribution >= 0.6 is 0 Å². The number of nitrogens with zero attached hydrogens (tertiary/aromatic N) is 4. The fourth-order valence-electron chi connectivity index (χ4n) is 3.43. The van der Waals surface area contributed by atoms with Gasteiger partial charge >= 0.3 is 0 Å². The van der Waals surface area contributed by atoms with Gasteiger partial charge in [0.05, 0.1) is 0 Å². The summed E-state index contributed by atoms with van der Waals surface area (Å²) in [6, 6.07) is 14.1. The second kappa shape index (κ2) is 7.25. The minimum atomic E-state index is -0.155. The molecule has 3 heterocycles. The molecular weight excluding hydrogens is 331 g/mol. The van der Waals surface area contributed by atoms with Crippen LogP contribution in [0.25, 0.3) is 5.65 Å². The molecule has 6 heteroatoms. The molecule has 0 atom stereocenters. The summed E-state index contributed by atoms with van der Waals surface area (Å²) >= 11 is 0. The van der Waals surface area contributed by atoms with Crippen molar-refractivity contribution in [2.24, 2.45) is 0 Å². The van der Waals surface area contributed by atoms with Crippen molar-refractivity contribution in [1.29, 1.82) is 0 Å². The second-order valence-corrected chi connectivity index (χ2v) is 6.59. The van der Waals surface area contributed by atoms with E-state index >= 15 is 0 Å². The van der Waals surface area contributed by atoms with Crippen molar-refractivity contribution in [2.75, 3.05) is 31.1 Å². The van der Waals surface area contributed by atoms with Crippen LogP contribution in [0.3, 0.4) is 0 Å². The molecule has 4 rings (SSSR count). The van der Waals surface area contributed by atoms with Gasteiger partial charge in [-0.25, -0.2) is 9.37 Å². The zero-order valence-corrected chi connectivity index (χ0v) is 14.5. The third kappa shape index (κ3) is 3.46. The SMILES string of the molecule is O=c1cc(N2CCCN(Cc3ccccc3F)CC2)nc2ccccn12. The Hall–Kier alpha value is -2.73. The van der Waals surface area contributed by atoms with Crippen molar-refractivity contribution in [2.45, 2.75) is 13.0 Å². The topological polar surface area (TPSA) is 40.9 Å². The first-order valence-corrected chi connectivity index (χ1v) is 8.90. The molecule has 1 saturated heterocycles. The van der Waals surface area contributed by atoms with Gasteiger partial charge in [0.25, 0.3) is 5.56 Å². The number of pyridine rings is 1. The summed E-state index contributed by atoms with van der Waals surface area (Å²) in [4.78, 5) is 21.4. The highest BCUT2D eigenvalue weighted by Crippen LogP contribution is 2.16. The van der Waals surface area contributed by atoms with E-state index in [4.69, 9.17) is 0 Å². The van der Waals surface area contributed by atoms with Gasteiger partial charge in [0.1, 0.15) is 17.3 Å². The van der Waals surface area contributed by atoms with Crippen LogP contribution in [0.4, 0.5) is 10.2 Å². The van der Waals surface area contributed by atoms with E-state index in [1.54, 1.807) is 22.7 Å². The summed E-state index contributed by atoms with van der Waals surface area (Å²) in [6.07, 6.45) is 2.68. The monoisotopic (exact) mass is 352 g/mol. The lowest BCUT2D eigenvalue weighted by atomic mass is 10.2. The number of fused-ring (bicyclic) bond motifs is 1. The zero-order chi connectivity index (χ0) is 17.9. The minimum Gasteiger partial charge on any atom is -0.355 e. The van der Waals surface area contributed by atoms with Crippen LogP contribution < -0.4 is 10.5 Å². The first-order valence-electron chi connectivity index (χ1n) is 8.90. The van der Waals surface area contributed by atoms with Gasteiger partial charge in [0, 0.05) is 50.6 Å². The molecule has 0 N–H and O–H groups in total. The third-order valence-electron chi connectivity index (χ3n) is 4.82. The number of rotatable bonds is 3. The normalized spacial score (nSPS) is 16.0. The molecule has 26 heavy (non-hydrogen) atoms. The molecule has 0 unspecified atom stereocenters. The van der Waals surface area contributed by atoms with E-state index in [9.17, 15) is 9.18 Å². The Morgan fingerprint density at radius 1 is 1.00 bits per heavy atom. The molecule has 2 aromatic heterocycles. The predicted octanol–water partition coefficient (Wildman–Crippen LogP) is 2.55. The van der Waals surface area contributed by atoms with Crippen LogP contribution in [-0.4, -0.2) is 40.5 Å². The maximum Gasteiger partial charge on any atom is 0.259 e. The van der Waals surface area contributed by atoms with Crippen molar-refractivity contribution >= 4 is 11.5 Å². The van der Waals surface area contributed by atoms with Crippen LogP contribution in [0, 0.1) is 5.82 Å². The van der Waals surface area contributed by atoms with Crippen molar-refractivity contribution in [3.05, 3.63) is 76.5 Å². The van der Waals surface area contributed by atoms with Gasteiger partial charge in [-0.15, -0.1) is 0 Å². The molecular formula is C20H21FN4O. The molecule has 5 nitrogen and oxygen atoms in total. The lowest BCUT2D eigenvalue weighted by Crippen LogP contribution is -2.32. The van der Waals surface area contributed by atoms with Crippen LogP contribution in [0.1, 0.15) is 12.0 Å². The molecule has 0 spiro atoms. The average molecular weight is 352 g/mol. The minimum absolute atomic E-state index is 0.0712. The van der Waals surface area contributed by atoms with Crippen LogP contribution in [-0.2, 0) is 6.54 Å². The number of aromatic nitrogens is 2. The Labute approximate surface area is 151 Å². The van der Waals surface area contributed by atoms with E-state index < -0.39 is 0 Å². The largest absolute Gasteiger partial charge is 0.355 e. The molecule has 0 saturated carbocycles. The highest BCUT2D eigenvalue weighted by molar-refractivity contribution is 5.48.